The van der Waals surface area contributed by atoms with Crippen molar-refractivity contribution in [2.24, 2.45) is 5.92 Å². The number of likely N-dealkylation sites (tertiary alicyclic amines) is 1. The Hall–Kier alpha value is -1.03. The molecule has 1 amide bonds. The first kappa shape index (κ1) is 14.4. The van der Waals surface area contributed by atoms with Crippen LogP contribution in [0.1, 0.15) is 46.5 Å². The van der Waals surface area contributed by atoms with Gasteiger partial charge in [-0.15, -0.1) is 0 Å². The first-order valence-corrected chi connectivity index (χ1v) is 7.22. The maximum absolute atomic E-state index is 12.0. The lowest BCUT2D eigenvalue weighted by atomic mass is 9.87. The number of aliphatic hydroxyl groups excluding tert-OH is 1. The first-order chi connectivity index (χ1) is 8.87. The van der Waals surface area contributed by atoms with Crippen molar-refractivity contribution in [1.29, 1.82) is 0 Å². The van der Waals surface area contributed by atoms with Crippen LogP contribution in [0, 0.1) is 5.92 Å². The first-order valence-electron chi connectivity index (χ1n) is 7.22. The largest absolute Gasteiger partial charge is 0.444 e. The van der Waals surface area contributed by atoms with Gasteiger partial charge in [0.2, 0.25) is 0 Å². The van der Waals surface area contributed by atoms with E-state index in [1.165, 1.54) is 18.4 Å². The van der Waals surface area contributed by atoms with Gasteiger partial charge in [0.15, 0.2) is 0 Å². The molecule has 0 spiro atoms. The van der Waals surface area contributed by atoms with Crippen LogP contribution in [0.3, 0.4) is 0 Å². The average molecular weight is 267 g/mol. The van der Waals surface area contributed by atoms with Crippen LogP contribution in [0.4, 0.5) is 4.79 Å². The zero-order valence-electron chi connectivity index (χ0n) is 12.2. The Balaban J connectivity index is 1.97. The van der Waals surface area contributed by atoms with Gasteiger partial charge in [-0.2, -0.15) is 0 Å². The van der Waals surface area contributed by atoms with Crippen molar-refractivity contribution in [3.63, 3.8) is 0 Å². The lowest BCUT2D eigenvalue weighted by Crippen LogP contribution is -2.35. The van der Waals surface area contributed by atoms with Crippen LogP contribution >= 0.6 is 0 Å². The van der Waals surface area contributed by atoms with Gasteiger partial charge < -0.3 is 14.7 Å². The lowest BCUT2D eigenvalue weighted by Gasteiger charge is -2.24. The van der Waals surface area contributed by atoms with E-state index < -0.39 is 11.7 Å². The molecule has 2 atom stereocenters. The smallest absolute Gasteiger partial charge is 0.410 e. The van der Waals surface area contributed by atoms with Crippen LogP contribution in [0.15, 0.2) is 11.6 Å². The van der Waals surface area contributed by atoms with Gasteiger partial charge in [-0.25, -0.2) is 4.79 Å². The fourth-order valence-corrected chi connectivity index (χ4v) is 2.83. The van der Waals surface area contributed by atoms with Crippen LogP contribution in [-0.2, 0) is 4.74 Å². The zero-order valence-corrected chi connectivity index (χ0v) is 12.2. The minimum Gasteiger partial charge on any atom is -0.444 e. The third kappa shape index (κ3) is 3.72. The summed E-state index contributed by atoms with van der Waals surface area (Å²) in [6.07, 6.45) is 6.08. The second-order valence-electron chi connectivity index (χ2n) is 6.58. The Morgan fingerprint density at radius 1 is 1.37 bits per heavy atom. The molecule has 4 nitrogen and oxygen atoms in total. The number of amides is 1. The Morgan fingerprint density at radius 2 is 2.11 bits per heavy atom. The number of ether oxygens (including phenoxy) is 1. The molecule has 0 saturated carbocycles. The van der Waals surface area contributed by atoms with Crippen LogP contribution < -0.4 is 0 Å². The Morgan fingerprint density at radius 3 is 2.68 bits per heavy atom. The van der Waals surface area contributed by atoms with Gasteiger partial charge in [0.1, 0.15) is 5.60 Å². The predicted molar refractivity (Wildman–Crippen MR) is 73.9 cm³/mol. The highest BCUT2D eigenvalue weighted by Gasteiger charge is 2.37. The topological polar surface area (TPSA) is 49.8 Å². The van der Waals surface area contributed by atoms with Crippen molar-refractivity contribution in [2.45, 2.75) is 58.2 Å². The Bertz CT molecular complexity index is 370. The lowest BCUT2D eigenvalue weighted by molar-refractivity contribution is 0.0270. The summed E-state index contributed by atoms with van der Waals surface area (Å²) in [5.74, 6) is 0.104. The quantitative estimate of drug-likeness (QED) is 0.743. The van der Waals surface area contributed by atoms with Gasteiger partial charge in [0.05, 0.1) is 12.6 Å². The van der Waals surface area contributed by atoms with E-state index in [1.807, 2.05) is 20.8 Å². The molecule has 1 heterocycles. The van der Waals surface area contributed by atoms with Gasteiger partial charge >= 0.3 is 6.09 Å². The van der Waals surface area contributed by atoms with Crippen LogP contribution in [0.25, 0.3) is 0 Å². The number of carbonyl (C=O) groups is 1. The number of rotatable bonds is 1. The van der Waals surface area contributed by atoms with Gasteiger partial charge in [-0.1, -0.05) is 11.6 Å². The molecule has 0 aromatic heterocycles. The summed E-state index contributed by atoms with van der Waals surface area (Å²) in [4.78, 5) is 13.6. The van der Waals surface area contributed by atoms with E-state index >= 15 is 0 Å². The van der Waals surface area contributed by atoms with Gasteiger partial charge in [-0.3, -0.25) is 0 Å². The third-order valence-corrected chi connectivity index (χ3v) is 3.74. The van der Waals surface area contributed by atoms with Crippen molar-refractivity contribution >= 4 is 6.09 Å². The van der Waals surface area contributed by atoms with Crippen molar-refractivity contribution in [3.8, 4) is 0 Å². The van der Waals surface area contributed by atoms with Crippen LogP contribution in [0.5, 0.6) is 0 Å². The summed E-state index contributed by atoms with van der Waals surface area (Å²) in [6, 6.07) is 0. The average Bonchev–Trinajstić information content (AvgIpc) is 2.70. The Labute approximate surface area is 115 Å². The highest BCUT2D eigenvalue weighted by molar-refractivity contribution is 5.68. The third-order valence-electron chi connectivity index (χ3n) is 3.74. The van der Waals surface area contributed by atoms with E-state index in [-0.39, 0.29) is 12.0 Å². The molecule has 0 radical (unpaired) electrons. The summed E-state index contributed by atoms with van der Waals surface area (Å²) >= 11 is 0. The summed E-state index contributed by atoms with van der Waals surface area (Å²) in [5, 5.41) is 10.2. The molecule has 108 valence electrons. The molecule has 1 fully saturated rings. The highest BCUT2D eigenvalue weighted by Crippen LogP contribution is 2.31. The minimum absolute atomic E-state index is 0.104. The van der Waals surface area contributed by atoms with Crippen molar-refractivity contribution in [1.82, 2.24) is 4.90 Å². The molecule has 0 unspecified atom stereocenters. The molecule has 1 aliphatic carbocycles. The molecular weight excluding hydrogens is 242 g/mol. The van der Waals surface area contributed by atoms with Crippen molar-refractivity contribution in [3.05, 3.63) is 11.6 Å². The van der Waals surface area contributed by atoms with Crippen molar-refractivity contribution in [2.75, 3.05) is 13.1 Å². The maximum Gasteiger partial charge on any atom is 0.410 e. The van der Waals surface area contributed by atoms with Crippen LogP contribution in [0.2, 0.25) is 0 Å². The number of carbonyl (C=O) groups excluding carboxylic acids is 1. The van der Waals surface area contributed by atoms with Gasteiger partial charge in [0, 0.05) is 12.5 Å². The standard InChI is InChI=1S/C15H25NO3/c1-15(2,3)19-14(18)16-9-12(13(17)10-16)11-7-5-4-6-8-11/h7,12-13,17H,4-6,8-10H2,1-3H3/t12-,13+/m0/s1. The number of nitrogens with zero attached hydrogens (tertiary/aromatic N) is 1. The fourth-order valence-electron chi connectivity index (χ4n) is 2.83. The summed E-state index contributed by atoms with van der Waals surface area (Å²) in [6.45, 7) is 6.55. The summed E-state index contributed by atoms with van der Waals surface area (Å²) < 4.78 is 5.36. The maximum atomic E-state index is 12.0. The second-order valence-corrected chi connectivity index (χ2v) is 6.58. The number of allylic oxidation sites excluding steroid dienone is 1. The highest BCUT2D eigenvalue weighted by atomic mass is 16.6. The van der Waals surface area contributed by atoms with Crippen molar-refractivity contribution < 1.29 is 14.6 Å². The minimum atomic E-state index is -0.482. The van der Waals surface area contributed by atoms with E-state index in [1.54, 1.807) is 4.90 Å². The monoisotopic (exact) mass is 267 g/mol. The zero-order chi connectivity index (χ0) is 14.0. The molecule has 1 saturated heterocycles. The fraction of sp³-hybridized carbons (Fsp3) is 0.800. The van der Waals surface area contributed by atoms with Gasteiger partial charge in [-0.05, 0) is 46.5 Å². The molecule has 19 heavy (non-hydrogen) atoms. The van der Waals surface area contributed by atoms with Gasteiger partial charge in [0.25, 0.3) is 0 Å². The molecule has 0 aromatic carbocycles. The second kappa shape index (κ2) is 5.53. The Kier molecular flexibility index (Phi) is 4.19. The van der Waals surface area contributed by atoms with E-state index in [4.69, 9.17) is 4.74 Å². The van der Waals surface area contributed by atoms with Crippen LogP contribution in [-0.4, -0.2) is 40.9 Å². The SMILES string of the molecule is CC(C)(C)OC(=O)N1C[C@@H](O)[C@H](C2=CCCCC2)C1. The summed E-state index contributed by atoms with van der Waals surface area (Å²) in [5.41, 5.74) is 0.842. The molecule has 0 bridgehead atoms. The van der Waals surface area contributed by atoms with E-state index in [0.29, 0.717) is 13.1 Å². The molecule has 0 aromatic rings. The molecule has 2 rings (SSSR count). The van der Waals surface area contributed by atoms with E-state index in [0.717, 1.165) is 12.8 Å². The normalized spacial score (nSPS) is 28.2. The number of hydrogen-bond acceptors (Lipinski definition) is 3. The number of hydrogen-bond donors (Lipinski definition) is 1. The molecule has 2 aliphatic rings. The predicted octanol–water partition coefficient (Wildman–Crippen LogP) is 2.71. The number of aliphatic hydroxyl groups is 1. The summed E-state index contributed by atoms with van der Waals surface area (Å²) in [7, 11) is 0. The molecule has 1 aliphatic heterocycles. The molecular formula is C15H25NO3. The molecule has 1 N–H and O–H groups in total. The molecule has 4 heteroatoms. The number of β-amino-alcohol motifs (C(OH)–C–C–N with tert-alkyl or cyclic N) is 1. The van der Waals surface area contributed by atoms with E-state index in [2.05, 4.69) is 6.08 Å². The van der Waals surface area contributed by atoms with E-state index in [9.17, 15) is 9.90 Å².